The van der Waals surface area contributed by atoms with E-state index in [4.69, 9.17) is 31.2 Å². The number of allylic oxidation sites excluding steroid dienone is 1. The Balaban J connectivity index is 1.55. The first-order valence-corrected chi connectivity index (χ1v) is 15.2. The number of nitrogens with one attached hydrogen (secondary N) is 2. The molecular weight excluding hydrogens is 570 g/mol. The molecular formula is C32H34ClN5O3S. The lowest BCUT2D eigenvalue weighted by Crippen LogP contribution is -2.31. The summed E-state index contributed by atoms with van der Waals surface area (Å²) >= 11 is 7.87. The van der Waals surface area contributed by atoms with Crippen molar-refractivity contribution in [3.05, 3.63) is 99.7 Å². The van der Waals surface area contributed by atoms with E-state index < -0.39 is 6.04 Å². The molecule has 3 aromatic carbocycles. The van der Waals surface area contributed by atoms with Crippen LogP contribution >= 0.6 is 23.4 Å². The predicted molar refractivity (Wildman–Crippen MR) is 169 cm³/mol. The van der Waals surface area contributed by atoms with Crippen LogP contribution in [0.1, 0.15) is 50.4 Å². The highest BCUT2D eigenvalue weighted by Crippen LogP contribution is 2.40. The van der Waals surface area contributed by atoms with Crippen molar-refractivity contribution in [2.75, 3.05) is 17.2 Å². The van der Waals surface area contributed by atoms with Crippen LogP contribution < -0.4 is 20.1 Å². The maximum atomic E-state index is 13.9. The van der Waals surface area contributed by atoms with Gasteiger partial charge in [-0.15, -0.1) is 5.10 Å². The summed E-state index contributed by atoms with van der Waals surface area (Å²) < 4.78 is 13.7. The molecule has 1 aliphatic rings. The molecule has 1 amide bonds. The first kappa shape index (κ1) is 29.5. The lowest BCUT2D eigenvalue weighted by atomic mass is 9.94. The molecule has 0 fully saturated rings. The number of hydrogen-bond acceptors (Lipinski definition) is 7. The molecule has 0 radical (unpaired) electrons. The molecule has 2 heterocycles. The zero-order chi connectivity index (χ0) is 29.8. The Morgan fingerprint density at radius 2 is 1.90 bits per heavy atom. The van der Waals surface area contributed by atoms with E-state index in [-0.39, 0.29) is 12.0 Å². The molecule has 1 aromatic heterocycles. The van der Waals surface area contributed by atoms with Crippen molar-refractivity contribution in [2.24, 2.45) is 0 Å². The highest BCUT2D eigenvalue weighted by molar-refractivity contribution is 7.98. The van der Waals surface area contributed by atoms with Crippen LogP contribution in [0.4, 0.5) is 11.6 Å². The van der Waals surface area contributed by atoms with Gasteiger partial charge in [-0.3, -0.25) is 4.79 Å². The van der Waals surface area contributed by atoms with Gasteiger partial charge in [0.1, 0.15) is 6.04 Å². The smallest absolute Gasteiger partial charge is 0.255 e. The van der Waals surface area contributed by atoms with Crippen LogP contribution in [-0.4, -0.2) is 33.4 Å². The van der Waals surface area contributed by atoms with Gasteiger partial charge < -0.3 is 20.1 Å². The Kier molecular flexibility index (Phi) is 9.09. The average molecular weight is 604 g/mol. The number of halogens is 1. The quantitative estimate of drug-likeness (QED) is 0.180. The molecule has 0 aliphatic carbocycles. The summed E-state index contributed by atoms with van der Waals surface area (Å²) in [5, 5.41) is 12.5. The van der Waals surface area contributed by atoms with Gasteiger partial charge in [0, 0.05) is 22.2 Å². The maximum Gasteiger partial charge on any atom is 0.255 e. The van der Waals surface area contributed by atoms with Gasteiger partial charge in [-0.2, -0.15) is 4.98 Å². The zero-order valence-electron chi connectivity index (χ0n) is 24.3. The second kappa shape index (κ2) is 12.9. The molecule has 8 nitrogen and oxygen atoms in total. The van der Waals surface area contributed by atoms with E-state index in [1.54, 1.807) is 4.68 Å². The molecule has 5 rings (SSSR count). The fraction of sp³-hybridized carbons (Fsp3) is 0.281. The van der Waals surface area contributed by atoms with E-state index in [9.17, 15) is 4.79 Å². The van der Waals surface area contributed by atoms with E-state index >= 15 is 0 Å². The van der Waals surface area contributed by atoms with Gasteiger partial charge in [0.05, 0.1) is 18.3 Å². The molecule has 1 unspecified atom stereocenters. The third kappa shape index (κ3) is 6.58. The maximum absolute atomic E-state index is 13.9. The standard InChI is InChI=1S/C32H34ClN5O3S/c1-6-40-27-17-22(14-15-26(27)41-19(2)3)29-28(30(39)35-24-12-9-10-20(4)16-24)21(5)34-31-36-32(37-38(29)31)42-18-23-11-7-8-13-25(23)33/h7-17,19,29H,6,18H2,1-5H3,(H,35,39)(H,34,36,37). The van der Waals surface area contributed by atoms with Gasteiger partial charge >= 0.3 is 0 Å². The topological polar surface area (TPSA) is 90.3 Å². The molecule has 4 aromatic rings. The Labute approximate surface area is 255 Å². The number of aromatic nitrogens is 3. The van der Waals surface area contributed by atoms with Crippen LogP contribution in [0, 0.1) is 6.92 Å². The number of amides is 1. The van der Waals surface area contributed by atoms with Crippen LogP contribution in [0.5, 0.6) is 11.5 Å². The summed E-state index contributed by atoms with van der Waals surface area (Å²) in [6.45, 7) is 10.2. The van der Waals surface area contributed by atoms with E-state index in [1.807, 2.05) is 101 Å². The number of carbonyl (C=O) groups excluding carboxylic acids is 1. The van der Waals surface area contributed by atoms with Crippen LogP contribution in [0.25, 0.3) is 0 Å². The number of aryl methyl sites for hydroxylation is 1. The minimum Gasteiger partial charge on any atom is -0.490 e. The SMILES string of the molecule is CCOc1cc(C2C(C(=O)Nc3cccc(C)c3)=C(C)Nc3nc(SCc4ccccc4Cl)nn32)ccc1OC(C)C. The van der Waals surface area contributed by atoms with Gasteiger partial charge in [-0.05, 0) is 81.6 Å². The molecule has 0 saturated heterocycles. The number of carbonyl (C=O) groups is 1. The van der Waals surface area contributed by atoms with Crippen molar-refractivity contribution in [1.82, 2.24) is 14.8 Å². The predicted octanol–water partition coefficient (Wildman–Crippen LogP) is 7.65. The molecule has 0 saturated carbocycles. The van der Waals surface area contributed by atoms with Crippen molar-refractivity contribution >= 4 is 40.9 Å². The molecule has 2 N–H and O–H groups in total. The first-order valence-electron chi connectivity index (χ1n) is 13.9. The molecule has 42 heavy (non-hydrogen) atoms. The first-order chi connectivity index (χ1) is 20.2. The van der Waals surface area contributed by atoms with E-state index in [0.29, 0.717) is 51.3 Å². The van der Waals surface area contributed by atoms with E-state index in [1.165, 1.54) is 11.8 Å². The van der Waals surface area contributed by atoms with E-state index in [2.05, 4.69) is 10.6 Å². The average Bonchev–Trinajstić information content (AvgIpc) is 3.35. The number of anilines is 2. The number of thioether (sulfide) groups is 1. The van der Waals surface area contributed by atoms with Gasteiger partial charge in [-0.1, -0.05) is 59.8 Å². The summed E-state index contributed by atoms with van der Waals surface area (Å²) in [7, 11) is 0. The third-order valence-electron chi connectivity index (χ3n) is 6.61. The Morgan fingerprint density at radius 1 is 1.10 bits per heavy atom. The Bertz CT molecular complexity index is 1630. The van der Waals surface area contributed by atoms with Gasteiger partial charge in [0.25, 0.3) is 5.91 Å². The zero-order valence-corrected chi connectivity index (χ0v) is 25.8. The minimum absolute atomic E-state index is 0.0219. The minimum atomic E-state index is -0.569. The second-order valence-corrected chi connectivity index (χ2v) is 11.6. The van der Waals surface area contributed by atoms with Crippen molar-refractivity contribution in [3.8, 4) is 11.5 Å². The summed E-state index contributed by atoms with van der Waals surface area (Å²) in [4.78, 5) is 18.7. The summed E-state index contributed by atoms with van der Waals surface area (Å²) in [5.41, 5.74) is 4.80. The highest BCUT2D eigenvalue weighted by atomic mass is 35.5. The number of hydrogen-bond donors (Lipinski definition) is 2. The highest BCUT2D eigenvalue weighted by Gasteiger charge is 2.35. The number of nitrogens with zero attached hydrogens (tertiary/aromatic N) is 3. The second-order valence-electron chi connectivity index (χ2n) is 10.2. The molecule has 218 valence electrons. The van der Waals surface area contributed by atoms with Gasteiger partial charge in [0.15, 0.2) is 11.5 Å². The summed E-state index contributed by atoms with van der Waals surface area (Å²) in [6, 6.07) is 20.6. The van der Waals surface area contributed by atoms with Crippen LogP contribution in [0.3, 0.4) is 0 Å². The van der Waals surface area contributed by atoms with E-state index in [0.717, 1.165) is 22.4 Å². The third-order valence-corrected chi connectivity index (χ3v) is 7.87. The fourth-order valence-electron chi connectivity index (χ4n) is 4.79. The number of fused-ring (bicyclic) bond motifs is 1. The monoisotopic (exact) mass is 603 g/mol. The summed E-state index contributed by atoms with van der Waals surface area (Å²) in [6.07, 6.45) is -0.0219. The molecule has 0 bridgehead atoms. The normalized spacial score (nSPS) is 14.4. The van der Waals surface area contributed by atoms with Crippen molar-refractivity contribution in [3.63, 3.8) is 0 Å². The largest absolute Gasteiger partial charge is 0.490 e. The van der Waals surface area contributed by atoms with Gasteiger partial charge in [-0.25, -0.2) is 4.68 Å². The summed E-state index contributed by atoms with van der Waals surface area (Å²) in [5.74, 6) is 2.17. The van der Waals surface area contributed by atoms with Crippen molar-refractivity contribution in [2.45, 2.75) is 57.7 Å². The van der Waals surface area contributed by atoms with Gasteiger partial charge in [0.2, 0.25) is 11.1 Å². The molecule has 1 atom stereocenters. The van der Waals surface area contributed by atoms with Crippen molar-refractivity contribution < 1.29 is 14.3 Å². The number of benzene rings is 3. The lowest BCUT2D eigenvalue weighted by molar-refractivity contribution is -0.113. The number of ether oxygens (including phenoxy) is 2. The van der Waals surface area contributed by atoms with Crippen LogP contribution in [-0.2, 0) is 10.5 Å². The van der Waals surface area contributed by atoms with Crippen LogP contribution in [0.15, 0.2) is 83.2 Å². The molecule has 0 spiro atoms. The molecule has 1 aliphatic heterocycles. The lowest BCUT2D eigenvalue weighted by Gasteiger charge is -2.29. The molecule has 10 heteroatoms. The van der Waals surface area contributed by atoms with Crippen LogP contribution in [0.2, 0.25) is 5.02 Å². The van der Waals surface area contributed by atoms with Crippen molar-refractivity contribution in [1.29, 1.82) is 0 Å². The Morgan fingerprint density at radius 3 is 2.64 bits per heavy atom. The Hall–Kier alpha value is -3.95. The number of rotatable bonds is 10. The fourth-order valence-corrected chi connectivity index (χ4v) is 5.90.